The summed E-state index contributed by atoms with van der Waals surface area (Å²) >= 11 is 0. The van der Waals surface area contributed by atoms with E-state index in [2.05, 4.69) is 41.5 Å². The number of carbonyl (C=O) groups is 1. The van der Waals surface area contributed by atoms with Gasteiger partial charge in [-0.05, 0) is 91.8 Å². The van der Waals surface area contributed by atoms with E-state index in [1.165, 1.54) is 32.6 Å². The summed E-state index contributed by atoms with van der Waals surface area (Å²) in [5.41, 5.74) is -1.21. The van der Waals surface area contributed by atoms with Gasteiger partial charge in [0.25, 0.3) is 0 Å². The molecule has 13 atom stereocenters. The second-order valence-corrected chi connectivity index (χ2v) is 14.4. The molecule has 0 radical (unpaired) electrons. The third-order valence-electron chi connectivity index (χ3n) is 12.7. The van der Waals surface area contributed by atoms with E-state index < -0.39 is 11.7 Å². The van der Waals surface area contributed by atoms with E-state index in [1.807, 2.05) is 0 Å². The van der Waals surface area contributed by atoms with Gasteiger partial charge >= 0.3 is 5.97 Å². The molecule has 36 heavy (non-hydrogen) atoms. The molecule has 0 unspecified atom stereocenters. The number of fused-ring (bicyclic) bond motifs is 5. The zero-order valence-electron chi connectivity index (χ0n) is 23.8. The smallest absolute Gasteiger partial charge is 0.302 e. The highest BCUT2D eigenvalue weighted by molar-refractivity contribution is 5.66. The van der Waals surface area contributed by atoms with Gasteiger partial charge in [-0.3, -0.25) is 4.79 Å². The topological polar surface area (TPSA) is 79.3 Å². The zero-order valence-corrected chi connectivity index (χ0v) is 23.8. The standard InChI is InChI=1S/C31H52O5/c1-8-21(17(2)3)28-27(36-28)18(4)23-9-10-24-22-15-26(33)31(34)16-20(35-19(5)32)11-14-30(31,7)25(22)12-13-29(23,24)6/h17-18,20-28,33-34H,8-16H2,1-7H3/t18-,20-,21-,22-,23+,24-,25-,26+,27+,28+,29+,30+,31-/m0/s1. The van der Waals surface area contributed by atoms with Crippen LogP contribution in [-0.2, 0) is 14.3 Å². The highest BCUT2D eigenvalue weighted by Crippen LogP contribution is 2.69. The van der Waals surface area contributed by atoms with Gasteiger partial charge in [0, 0.05) is 18.8 Å². The monoisotopic (exact) mass is 504 g/mol. The normalized spacial score (nSPS) is 51.6. The number of hydrogen-bond acceptors (Lipinski definition) is 5. The van der Waals surface area contributed by atoms with Crippen LogP contribution < -0.4 is 0 Å². The lowest BCUT2D eigenvalue weighted by molar-refractivity contribution is -0.266. The number of rotatable bonds is 6. The summed E-state index contributed by atoms with van der Waals surface area (Å²) in [6.07, 6.45) is 8.47. The SMILES string of the molecule is CC[C@@H](C(C)C)[C@H]1O[C@@H]1[C@@H](C)[C@H]1CC[C@H]2[C@@H]3C[C@@H](O)[C@@]4(O)C[C@@H](OC(C)=O)CC[C@]4(C)[C@H]3CC[C@]12C. The van der Waals surface area contributed by atoms with Gasteiger partial charge in [-0.15, -0.1) is 0 Å². The van der Waals surface area contributed by atoms with Gasteiger partial charge in [-0.25, -0.2) is 0 Å². The van der Waals surface area contributed by atoms with Crippen LogP contribution in [-0.4, -0.2) is 46.2 Å². The molecule has 5 aliphatic rings. The van der Waals surface area contributed by atoms with Crippen molar-refractivity contribution in [3.8, 4) is 0 Å². The molecule has 5 nitrogen and oxygen atoms in total. The van der Waals surface area contributed by atoms with Crippen molar-refractivity contribution in [3.63, 3.8) is 0 Å². The quantitative estimate of drug-likeness (QED) is 0.356. The van der Waals surface area contributed by atoms with E-state index in [-0.39, 0.29) is 22.9 Å². The summed E-state index contributed by atoms with van der Waals surface area (Å²) in [6.45, 7) is 15.6. The maximum Gasteiger partial charge on any atom is 0.302 e. The summed E-state index contributed by atoms with van der Waals surface area (Å²) < 4.78 is 11.9. The van der Waals surface area contributed by atoms with Crippen molar-refractivity contribution >= 4 is 5.97 Å². The molecule has 0 bridgehead atoms. The van der Waals surface area contributed by atoms with Gasteiger partial charge < -0.3 is 19.7 Å². The van der Waals surface area contributed by atoms with Crippen molar-refractivity contribution in [3.05, 3.63) is 0 Å². The number of ether oxygens (including phenoxy) is 2. The minimum absolute atomic E-state index is 0.289. The van der Waals surface area contributed by atoms with Gasteiger partial charge in [0.15, 0.2) is 0 Å². The second kappa shape index (κ2) is 9.23. The summed E-state index contributed by atoms with van der Waals surface area (Å²) in [7, 11) is 0. The first-order chi connectivity index (χ1) is 16.9. The predicted molar refractivity (Wildman–Crippen MR) is 140 cm³/mol. The number of carbonyl (C=O) groups excluding carboxylic acids is 1. The van der Waals surface area contributed by atoms with E-state index in [9.17, 15) is 15.0 Å². The van der Waals surface area contributed by atoms with Gasteiger partial charge in [0.05, 0.1) is 23.9 Å². The third-order valence-corrected chi connectivity index (χ3v) is 12.7. The molecule has 1 heterocycles. The first-order valence-electron chi connectivity index (χ1n) is 15.1. The molecule has 5 rings (SSSR count). The molecule has 0 aromatic carbocycles. The molecule has 1 saturated heterocycles. The van der Waals surface area contributed by atoms with Crippen LogP contribution in [0.1, 0.15) is 106 Å². The highest BCUT2D eigenvalue weighted by atomic mass is 16.6. The third kappa shape index (κ3) is 3.92. The predicted octanol–water partition coefficient (Wildman–Crippen LogP) is 5.75. The van der Waals surface area contributed by atoms with Gasteiger partial charge in [-0.2, -0.15) is 0 Å². The fourth-order valence-electron chi connectivity index (χ4n) is 10.7. The number of aliphatic hydroxyl groups is 2. The molecule has 1 aliphatic heterocycles. The Labute approximate surface area is 219 Å². The Balaban J connectivity index is 1.33. The molecule has 0 aromatic heterocycles. The summed E-state index contributed by atoms with van der Waals surface area (Å²) in [4.78, 5) is 11.6. The summed E-state index contributed by atoms with van der Waals surface area (Å²) in [6, 6.07) is 0. The van der Waals surface area contributed by atoms with Crippen molar-refractivity contribution in [2.75, 3.05) is 0 Å². The maximum atomic E-state index is 12.0. The van der Waals surface area contributed by atoms with Crippen molar-refractivity contribution in [1.82, 2.24) is 0 Å². The average Bonchev–Trinajstić information content (AvgIpc) is 3.49. The minimum atomic E-state index is -1.17. The van der Waals surface area contributed by atoms with E-state index in [0.29, 0.717) is 66.5 Å². The van der Waals surface area contributed by atoms with Crippen LogP contribution in [0.2, 0.25) is 0 Å². The molecule has 0 aromatic rings. The molecule has 0 spiro atoms. The van der Waals surface area contributed by atoms with Gasteiger partial charge in [0.2, 0.25) is 0 Å². The van der Waals surface area contributed by atoms with Crippen molar-refractivity contribution in [2.45, 2.75) is 136 Å². The number of aliphatic hydroxyl groups excluding tert-OH is 1. The zero-order chi connectivity index (χ0) is 26.2. The Morgan fingerprint density at radius 1 is 1.06 bits per heavy atom. The van der Waals surface area contributed by atoms with Crippen molar-refractivity contribution < 1.29 is 24.5 Å². The molecule has 5 fully saturated rings. The van der Waals surface area contributed by atoms with Crippen LogP contribution in [0, 0.1) is 52.3 Å². The molecule has 4 aliphatic carbocycles. The van der Waals surface area contributed by atoms with E-state index in [1.54, 1.807) is 0 Å². The van der Waals surface area contributed by atoms with E-state index in [0.717, 1.165) is 19.3 Å². The Morgan fingerprint density at radius 2 is 1.78 bits per heavy atom. The Hall–Kier alpha value is -0.650. The maximum absolute atomic E-state index is 12.0. The van der Waals surface area contributed by atoms with Crippen LogP contribution in [0.15, 0.2) is 0 Å². The lowest BCUT2D eigenvalue weighted by atomic mass is 9.42. The molecule has 5 heteroatoms. The second-order valence-electron chi connectivity index (χ2n) is 14.4. The average molecular weight is 505 g/mol. The van der Waals surface area contributed by atoms with Crippen LogP contribution in [0.5, 0.6) is 0 Å². The van der Waals surface area contributed by atoms with Gasteiger partial charge in [-0.1, -0.05) is 48.0 Å². The largest absolute Gasteiger partial charge is 0.462 e. The molecule has 2 N–H and O–H groups in total. The first kappa shape index (κ1) is 26.9. The van der Waals surface area contributed by atoms with Gasteiger partial charge in [0.1, 0.15) is 6.10 Å². The first-order valence-corrected chi connectivity index (χ1v) is 15.1. The number of esters is 1. The van der Waals surface area contributed by atoms with E-state index >= 15 is 0 Å². The lowest BCUT2D eigenvalue weighted by Crippen LogP contribution is -2.68. The molecular formula is C31H52O5. The molecule has 4 saturated carbocycles. The minimum Gasteiger partial charge on any atom is -0.462 e. The molecule has 206 valence electrons. The summed E-state index contributed by atoms with van der Waals surface area (Å²) in [5, 5.41) is 23.4. The fourth-order valence-corrected chi connectivity index (χ4v) is 10.7. The van der Waals surface area contributed by atoms with E-state index in [4.69, 9.17) is 9.47 Å². The Bertz CT molecular complexity index is 843. The number of hydrogen-bond donors (Lipinski definition) is 2. The Kier molecular flexibility index (Phi) is 6.90. The summed E-state index contributed by atoms with van der Waals surface area (Å²) in [5.74, 6) is 3.77. The van der Waals surface area contributed by atoms with Crippen LogP contribution in [0.3, 0.4) is 0 Å². The molecule has 0 amide bonds. The van der Waals surface area contributed by atoms with Crippen LogP contribution in [0.25, 0.3) is 0 Å². The highest BCUT2D eigenvalue weighted by Gasteiger charge is 2.68. The van der Waals surface area contributed by atoms with Crippen LogP contribution in [0.4, 0.5) is 0 Å². The van der Waals surface area contributed by atoms with Crippen LogP contribution >= 0.6 is 0 Å². The Morgan fingerprint density at radius 3 is 2.42 bits per heavy atom. The van der Waals surface area contributed by atoms with Crippen molar-refractivity contribution in [1.29, 1.82) is 0 Å². The van der Waals surface area contributed by atoms with Crippen molar-refractivity contribution in [2.24, 2.45) is 52.3 Å². The fraction of sp³-hybridized carbons (Fsp3) is 0.968. The number of epoxide rings is 1. The molecular weight excluding hydrogens is 452 g/mol. The lowest BCUT2D eigenvalue weighted by Gasteiger charge is -2.65.